The average Bonchev–Trinajstić information content (AvgIpc) is 3.03. The minimum atomic E-state index is 0.202. The number of nitrogens with one attached hydrogen (secondary N) is 1. The van der Waals surface area contributed by atoms with E-state index in [1.807, 2.05) is 25.1 Å². The third-order valence-electron chi connectivity index (χ3n) is 8.40. The van der Waals surface area contributed by atoms with Crippen LogP contribution in [0.4, 0.5) is 11.4 Å². The zero-order chi connectivity index (χ0) is 28.7. The molecule has 5 aromatic rings. The second-order valence-electron chi connectivity index (χ2n) is 10.8. The molecule has 0 heterocycles. The molecule has 210 valence electrons. The quantitative estimate of drug-likeness (QED) is 0.159. The standard InChI is InChI=1S/C38H41NO2/c1-5-38(4,6-2)30-17-13-28(14-18-30)35-24-23-34(36-22-21-33(27-37(35)36)41-26-25-40-7-3)29-15-19-32(20-16-29)39-31-11-9-8-10-12-31/h8-24,27,39H,5-7,25-26H2,1-4H3. The number of rotatable bonds is 12. The van der Waals surface area contributed by atoms with E-state index in [-0.39, 0.29) is 5.41 Å². The SMILES string of the molecule is CCOCCOc1ccc2c(-c3ccc(Nc4ccccc4)cc3)ccc(-c3ccc(C(C)(CC)CC)cc3)c2c1. The Morgan fingerprint density at radius 3 is 1.85 bits per heavy atom. The van der Waals surface area contributed by atoms with Gasteiger partial charge < -0.3 is 14.8 Å². The molecule has 3 heteroatoms. The Balaban J connectivity index is 1.52. The summed E-state index contributed by atoms with van der Waals surface area (Å²) in [4.78, 5) is 0. The molecule has 41 heavy (non-hydrogen) atoms. The number of ether oxygens (including phenoxy) is 2. The van der Waals surface area contributed by atoms with E-state index in [0.29, 0.717) is 19.8 Å². The predicted molar refractivity (Wildman–Crippen MR) is 174 cm³/mol. The molecule has 0 atom stereocenters. The lowest BCUT2D eigenvalue weighted by Crippen LogP contribution is -2.19. The van der Waals surface area contributed by atoms with E-state index in [2.05, 4.69) is 117 Å². The van der Waals surface area contributed by atoms with Gasteiger partial charge in [-0.25, -0.2) is 0 Å². The van der Waals surface area contributed by atoms with Gasteiger partial charge in [-0.2, -0.15) is 0 Å². The van der Waals surface area contributed by atoms with E-state index in [4.69, 9.17) is 9.47 Å². The highest BCUT2D eigenvalue weighted by Gasteiger charge is 2.22. The van der Waals surface area contributed by atoms with Crippen LogP contribution in [0, 0.1) is 0 Å². The first kappa shape index (κ1) is 28.4. The predicted octanol–water partition coefficient (Wildman–Crippen LogP) is 10.4. The first-order chi connectivity index (χ1) is 20.0. The van der Waals surface area contributed by atoms with Gasteiger partial charge in [0.25, 0.3) is 0 Å². The van der Waals surface area contributed by atoms with Crippen LogP contribution in [0.5, 0.6) is 5.75 Å². The van der Waals surface area contributed by atoms with E-state index in [0.717, 1.165) is 30.0 Å². The Labute approximate surface area is 245 Å². The lowest BCUT2D eigenvalue weighted by Gasteiger charge is -2.27. The largest absolute Gasteiger partial charge is 0.491 e. The highest BCUT2D eigenvalue weighted by atomic mass is 16.5. The summed E-state index contributed by atoms with van der Waals surface area (Å²) in [5, 5.41) is 5.88. The number of para-hydroxylation sites is 1. The van der Waals surface area contributed by atoms with Crippen LogP contribution in [0.3, 0.4) is 0 Å². The Bertz CT molecular complexity index is 1550. The smallest absolute Gasteiger partial charge is 0.120 e. The molecule has 0 bridgehead atoms. The molecule has 0 aliphatic carbocycles. The van der Waals surface area contributed by atoms with Gasteiger partial charge in [0.1, 0.15) is 12.4 Å². The highest BCUT2D eigenvalue weighted by Crippen LogP contribution is 2.39. The van der Waals surface area contributed by atoms with Crippen LogP contribution in [-0.4, -0.2) is 19.8 Å². The maximum absolute atomic E-state index is 6.08. The lowest BCUT2D eigenvalue weighted by atomic mass is 9.77. The van der Waals surface area contributed by atoms with Crippen molar-refractivity contribution in [1.82, 2.24) is 0 Å². The van der Waals surface area contributed by atoms with Crippen LogP contribution < -0.4 is 10.1 Å². The Morgan fingerprint density at radius 1 is 0.610 bits per heavy atom. The maximum atomic E-state index is 6.08. The molecule has 1 N–H and O–H groups in total. The van der Waals surface area contributed by atoms with Crippen LogP contribution in [0.2, 0.25) is 0 Å². The highest BCUT2D eigenvalue weighted by molar-refractivity contribution is 6.05. The second-order valence-corrected chi connectivity index (χ2v) is 10.8. The molecule has 5 rings (SSSR count). The lowest BCUT2D eigenvalue weighted by molar-refractivity contribution is 0.110. The van der Waals surface area contributed by atoms with Gasteiger partial charge in [-0.3, -0.25) is 0 Å². The van der Waals surface area contributed by atoms with E-state index < -0.39 is 0 Å². The fourth-order valence-electron chi connectivity index (χ4n) is 5.41. The summed E-state index contributed by atoms with van der Waals surface area (Å²) >= 11 is 0. The Hall–Kier alpha value is -4.08. The molecule has 0 aliphatic heterocycles. The van der Waals surface area contributed by atoms with Gasteiger partial charge >= 0.3 is 0 Å². The normalized spacial score (nSPS) is 11.5. The molecular formula is C38H41NO2. The van der Waals surface area contributed by atoms with Gasteiger partial charge in [0, 0.05) is 18.0 Å². The molecule has 0 saturated carbocycles. The van der Waals surface area contributed by atoms with E-state index in [9.17, 15) is 0 Å². The van der Waals surface area contributed by atoms with Gasteiger partial charge in [0.15, 0.2) is 0 Å². The average molecular weight is 544 g/mol. The molecule has 5 aromatic carbocycles. The number of anilines is 2. The van der Waals surface area contributed by atoms with Crippen molar-refractivity contribution in [2.45, 2.75) is 46.0 Å². The molecule has 0 saturated heterocycles. The van der Waals surface area contributed by atoms with E-state index in [1.54, 1.807) is 0 Å². The molecule has 0 aliphatic rings. The Kier molecular flexibility index (Phi) is 9.06. The van der Waals surface area contributed by atoms with Gasteiger partial charge in [0.05, 0.1) is 6.61 Å². The molecule has 0 fully saturated rings. The maximum Gasteiger partial charge on any atom is 0.120 e. The van der Waals surface area contributed by atoms with E-state index >= 15 is 0 Å². The number of hydrogen-bond donors (Lipinski definition) is 1. The van der Waals surface area contributed by atoms with Crippen LogP contribution in [0.25, 0.3) is 33.0 Å². The monoisotopic (exact) mass is 543 g/mol. The summed E-state index contributed by atoms with van der Waals surface area (Å²) in [6, 6.07) is 39.1. The van der Waals surface area contributed by atoms with Gasteiger partial charge in [0.2, 0.25) is 0 Å². The molecule has 0 radical (unpaired) electrons. The minimum Gasteiger partial charge on any atom is -0.491 e. The molecule has 0 unspecified atom stereocenters. The summed E-state index contributed by atoms with van der Waals surface area (Å²) in [6.45, 7) is 10.7. The summed E-state index contributed by atoms with van der Waals surface area (Å²) in [6.07, 6.45) is 2.26. The van der Waals surface area contributed by atoms with Crippen LogP contribution in [0.15, 0.2) is 109 Å². The van der Waals surface area contributed by atoms with Crippen molar-refractivity contribution in [2.75, 3.05) is 25.1 Å². The van der Waals surface area contributed by atoms with Crippen LogP contribution in [-0.2, 0) is 10.2 Å². The summed E-state index contributed by atoms with van der Waals surface area (Å²) < 4.78 is 11.6. The third kappa shape index (κ3) is 6.47. The summed E-state index contributed by atoms with van der Waals surface area (Å²) in [7, 11) is 0. The van der Waals surface area contributed by atoms with Gasteiger partial charge in [-0.15, -0.1) is 0 Å². The molecule has 0 amide bonds. The topological polar surface area (TPSA) is 30.5 Å². The Morgan fingerprint density at radius 2 is 1.22 bits per heavy atom. The molecule has 0 aromatic heterocycles. The van der Waals surface area contributed by atoms with Crippen molar-refractivity contribution in [1.29, 1.82) is 0 Å². The van der Waals surface area contributed by atoms with Crippen molar-refractivity contribution in [3.8, 4) is 28.0 Å². The van der Waals surface area contributed by atoms with Crippen molar-refractivity contribution in [2.24, 2.45) is 0 Å². The van der Waals surface area contributed by atoms with Crippen LogP contribution >= 0.6 is 0 Å². The first-order valence-electron chi connectivity index (χ1n) is 14.9. The zero-order valence-electron chi connectivity index (χ0n) is 24.7. The number of hydrogen-bond acceptors (Lipinski definition) is 3. The van der Waals surface area contributed by atoms with Crippen molar-refractivity contribution in [3.63, 3.8) is 0 Å². The van der Waals surface area contributed by atoms with Gasteiger partial charge in [-0.1, -0.05) is 93.6 Å². The van der Waals surface area contributed by atoms with Crippen molar-refractivity contribution in [3.05, 3.63) is 115 Å². The first-order valence-corrected chi connectivity index (χ1v) is 14.9. The zero-order valence-corrected chi connectivity index (χ0v) is 24.7. The fourth-order valence-corrected chi connectivity index (χ4v) is 5.41. The third-order valence-corrected chi connectivity index (χ3v) is 8.40. The fraction of sp³-hybridized carbons (Fsp3) is 0.263. The molecule has 0 spiro atoms. The summed E-state index contributed by atoms with van der Waals surface area (Å²) in [5.41, 5.74) is 8.56. The van der Waals surface area contributed by atoms with Crippen molar-refractivity contribution >= 4 is 22.1 Å². The number of fused-ring (bicyclic) bond motifs is 1. The summed E-state index contributed by atoms with van der Waals surface area (Å²) in [5.74, 6) is 0.860. The van der Waals surface area contributed by atoms with Crippen LogP contribution in [0.1, 0.15) is 46.1 Å². The van der Waals surface area contributed by atoms with Crippen molar-refractivity contribution < 1.29 is 9.47 Å². The minimum absolute atomic E-state index is 0.202. The molecular weight excluding hydrogens is 502 g/mol. The second kappa shape index (κ2) is 13.1. The van der Waals surface area contributed by atoms with Gasteiger partial charge in [-0.05, 0) is 100 Å². The van der Waals surface area contributed by atoms with E-state index in [1.165, 1.54) is 38.6 Å². The molecule has 3 nitrogen and oxygen atoms in total. The number of benzene rings is 5.